The van der Waals surface area contributed by atoms with Gasteiger partial charge in [-0.25, -0.2) is 8.42 Å². The minimum Gasteiger partial charge on any atom is -0.393 e. The van der Waals surface area contributed by atoms with Crippen molar-refractivity contribution in [2.75, 3.05) is 25.5 Å². The van der Waals surface area contributed by atoms with Gasteiger partial charge in [0.25, 0.3) is 0 Å². The Hall–Kier alpha value is -1.11. The van der Waals surface area contributed by atoms with Crippen molar-refractivity contribution in [1.29, 1.82) is 0 Å². The van der Waals surface area contributed by atoms with Gasteiger partial charge in [-0.15, -0.1) is 0 Å². The second kappa shape index (κ2) is 5.48. The van der Waals surface area contributed by atoms with Crippen LogP contribution in [0.25, 0.3) is 0 Å². The molecule has 0 amide bonds. The van der Waals surface area contributed by atoms with Crippen molar-refractivity contribution in [3.63, 3.8) is 0 Å². The quantitative estimate of drug-likeness (QED) is 0.872. The zero-order valence-electron chi connectivity index (χ0n) is 11.2. The van der Waals surface area contributed by atoms with Gasteiger partial charge in [0, 0.05) is 20.1 Å². The molecule has 0 saturated carbocycles. The lowest BCUT2D eigenvalue weighted by Crippen LogP contribution is -2.44. The van der Waals surface area contributed by atoms with E-state index in [-0.39, 0.29) is 5.92 Å². The maximum absolute atomic E-state index is 12.6. The monoisotopic (exact) mass is 284 g/mol. The lowest BCUT2D eigenvalue weighted by Gasteiger charge is -2.33. The highest BCUT2D eigenvalue weighted by molar-refractivity contribution is 7.89. The molecule has 1 fully saturated rings. The Balaban J connectivity index is 2.32. The van der Waals surface area contributed by atoms with Crippen LogP contribution in [0.2, 0.25) is 0 Å². The summed E-state index contributed by atoms with van der Waals surface area (Å²) in [5.41, 5.74) is 0.598. The highest BCUT2D eigenvalue weighted by Crippen LogP contribution is 2.27. The van der Waals surface area contributed by atoms with Crippen LogP contribution in [0.5, 0.6) is 0 Å². The summed E-state index contributed by atoms with van der Waals surface area (Å²) in [5, 5.41) is 12.6. The molecular formula is C13H20N2O3S. The fourth-order valence-corrected chi connectivity index (χ4v) is 4.10. The Bertz CT molecular complexity index is 545. The minimum absolute atomic E-state index is 0.0368. The van der Waals surface area contributed by atoms with Crippen molar-refractivity contribution in [2.24, 2.45) is 5.92 Å². The van der Waals surface area contributed by atoms with Gasteiger partial charge in [0.05, 0.1) is 11.8 Å². The summed E-state index contributed by atoms with van der Waals surface area (Å²) >= 11 is 0. The van der Waals surface area contributed by atoms with E-state index in [0.29, 0.717) is 30.1 Å². The third-order valence-corrected chi connectivity index (χ3v) is 5.52. The van der Waals surface area contributed by atoms with E-state index in [9.17, 15) is 13.5 Å². The topological polar surface area (TPSA) is 69.6 Å². The molecule has 106 valence electrons. The third-order valence-electron chi connectivity index (χ3n) is 3.60. The number of aliphatic hydroxyl groups is 1. The van der Waals surface area contributed by atoms with Crippen LogP contribution in [-0.2, 0) is 10.0 Å². The SMILES string of the molecule is CNc1ccccc1S(=O)(=O)N1CCC(O)C(C)C1. The Kier molecular flexibility index (Phi) is 4.13. The molecule has 2 rings (SSSR count). The summed E-state index contributed by atoms with van der Waals surface area (Å²) in [6, 6.07) is 6.87. The number of hydrogen-bond acceptors (Lipinski definition) is 4. The highest BCUT2D eigenvalue weighted by atomic mass is 32.2. The molecule has 1 heterocycles. The molecule has 6 heteroatoms. The smallest absolute Gasteiger partial charge is 0.245 e. The lowest BCUT2D eigenvalue weighted by atomic mass is 9.99. The number of para-hydroxylation sites is 1. The predicted octanol–water partition coefficient (Wildman–Crippen LogP) is 1.12. The first-order chi connectivity index (χ1) is 8.96. The minimum atomic E-state index is -3.50. The van der Waals surface area contributed by atoms with E-state index in [1.54, 1.807) is 31.3 Å². The number of benzene rings is 1. The van der Waals surface area contributed by atoms with Gasteiger partial charge in [-0.3, -0.25) is 0 Å². The summed E-state index contributed by atoms with van der Waals surface area (Å²) in [7, 11) is -1.80. The molecule has 0 aromatic heterocycles. The molecule has 1 aliphatic rings. The zero-order chi connectivity index (χ0) is 14.0. The molecule has 0 spiro atoms. The number of sulfonamides is 1. The van der Waals surface area contributed by atoms with Crippen molar-refractivity contribution in [3.8, 4) is 0 Å². The average Bonchev–Trinajstić information content (AvgIpc) is 2.41. The number of aliphatic hydroxyl groups excluding tert-OH is 1. The fraction of sp³-hybridized carbons (Fsp3) is 0.538. The van der Waals surface area contributed by atoms with Gasteiger partial charge < -0.3 is 10.4 Å². The van der Waals surface area contributed by atoms with Gasteiger partial charge in [-0.05, 0) is 24.5 Å². The number of nitrogens with one attached hydrogen (secondary N) is 1. The summed E-state index contributed by atoms with van der Waals surface area (Å²) in [6.07, 6.45) is 0.0771. The molecule has 1 saturated heterocycles. The van der Waals surface area contributed by atoms with Crippen molar-refractivity contribution in [2.45, 2.75) is 24.3 Å². The van der Waals surface area contributed by atoms with Crippen molar-refractivity contribution >= 4 is 15.7 Å². The molecule has 2 atom stereocenters. The molecule has 1 aromatic carbocycles. The van der Waals surface area contributed by atoms with Crippen molar-refractivity contribution in [3.05, 3.63) is 24.3 Å². The van der Waals surface area contributed by atoms with Crippen LogP contribution < -0.4 is 5.32 Å². The summed E-state index contributed by atoms with van der Waals surface area (Å²) < 4.78 is 26.7. The Labute approximate surface area is 114 Å². The number of hydrogen-bond donors (Lipinski definition) is 2. The largest absolute Gasteiger partial charge is 0.393 e. The molecule has 2 unspecified atom stereocenters. The maximum atomic E-state index is 12.6. The van der Waals surface area contributed by atoms with E-state index in [1.807, 2.05) is 6.92 Å². The molecule has 5 nitrogen and oxygen atoms in total. The van der Waals surface area contributed by atoms with Crippen molar-refractivity contribution in [1.82, 2.24) is 4.31 Å². The standard InChI is InChI=1S/C13H20N2O3S/c1-10-9-15(8-7-12(10)16)19(17,18)13-6-4-3-5-11(13)14-2/h3-6,10,12,14,16H,7-9H2,1-2H3. The summed E-state index contributed by atoms with van der Waals surface area (Å²) in [4.78, 5) is 0.293. The normalized spacial score (nSPS) is 25.2. The molecule has 1 aromatic rings. The number of nitrogens with zero attached hydrogens (tertiary/aromatic N) is 1. The average molecular weight is 284 g/mol. The first-order valence-electron chi connectivity index (χ1n) is 6.42. The van der Waals surface area contributed by atoms with Crippen molar-refractivity contribution < 1.29 is 13.5 Å². The zero-order valence-corrected chi connectivity index (χ0v) is 12.0. The number of anilines is 1. The Morgan fingerprint density at radius 1 is 1.37 bits per heavy atom. The summed E-state index contributed by atoms with van der Waals surface area (Å²) in [5.74, 6) is -0.0368. The molecule has 19 heavy (non-hydrogen) atoms. The third kappa shape index (κ3) is 2.75. The van der Waals surface area contributed by atoms with Gasteiger partial charge in [0.15, 0.2) is 0 Å². The Morgan fingerprint density at radius 3 is 2.68 bits per heavy atom. The second-order valence-corrected chi connectivity index (χ2v) is 6.85. The maximum Gasteiger partial charge on any atom is 0.245 e. The van der Waals surface area contributed by atoms with Gasteiger partial charge >= 0.3 is 0 Å². The van der Waals surface area contributed by atoms with E-state index in [1.165, 1.54) is 4.31 Å². The second-order valence-electron chi connectivity index (χ2n) is 4.94. The van der Waals surface area contributed by atoms with Gasteiger partial charge in [-0.2, -0.15) is 4.31 Å². The van der Waals surface area contributed by atoms with Crippen LogP contribution in [0.4, 0.5) is 5.69 Å². The van der Waals surface area contributed by atoms with Crippen LogP contribution in [0.3, 0.4) is 0 Å². The number of piperidine rings is 1. The molecule has 0 bridgehead atoms. The Morgan fingerprint density at radius 2 is 2.05 bits per heavy atom. The first-order valence-corrected chi connectivity index (χ1v) is 7.86. The number of rotatable bonds is 3. The van der Waals surface area contributed by atoms with E-state index < -0.39 is 16.1 Å². The van der Waals surface area contributed by atoms with E-state index in [0.717, 1.165) is 0 Å². The van der Waals surface area contributed by atoms with Crippen LogP contribution in [0.1, 0.15) is 13.3 Å². The molecule has 1 aliphatic heterocycles. The van der Waals surface area contributed by atoms with Crippen LogP contribution in [0.15, 0.2) is 29.2 Å². The van der Waals surface area contributed by atoms with E-state index in [2.05, 4.69) is 5.32 Å². The van der Waals surface area contributed by atoms with Gasteiger partial charge in [0.2, 0.25) is 10.0 Å². The van der Waals surface area contributed by atoms with Gasteiger partial charge in [0.1, 0.15) is 4.90 Å². The molecular weight excluding hydrogens is 264 g/mol. The van der Waals surface area contributed by atoms with Crippen LogP contribution in [0, 0.1) is 5.92 Å². The van der Waals surface area contributed by atoms with Gasteiger partial charge in [-0.1, -0.05) is 19.1 Å². The molecule has 0 radical (unpaired) electrons. The molecule has 2 N–H and O–H groups in total. The first kappa shape index (κ1) is 14.3. The predicted molar refractivity (Wildman–Crippen MR) is 74.5 cm³/mol. The van der Waals surface area contributed by atoms with E-state index >= 15 is 0 Å². The highest BCUT2D eigenvalue weighted by Gasteiger charge is 2.33. The van der Waals surface area contributed by atoms with E-state index in [4.69, 9.17) is 0 Å². The van der Waals surface area contributed by atoms with Crippen LogP contribution in [-0.4, -0.2) is 44.1 Å². The summed E-state index contributed by atoms with van der Waals surface area (Å²) in [6.45, 7) is 2.60. The fourth-order valence-electron chi connectivity index (χ4n) is 2.35. The van der Waals surface area contributed by atoms with Crippen LogP contribution >= 0.6 is 0 Å². The molecule has 0 aliphatic carbocycles. The lowest BCUT2D eigenvalue weighted by molar-refractivity contribution is 0.0629.